The molecule has 1 aliphatic rings. The number of esters is 2. The maximum Gasteiger partial charge on any atom is 0.336 e. The lowest BCUT2D eigenvalue weighted by Crippen LogP contribution is -2.36. The lowest BCUT2D eigenvalue weighted by atomic mass is 9.75. The van der Waals surface area contributed by atoms with E-state index in [1.807, 2.05) is 6.07 Å². The van der Waals surface area contributed by atoms with Gasteiger partial charge in [0.1, 0.15) is 10.9 Å². The predicted molar refractivity (Wildman–Crippen MR) is 108 cm³/mol. The number of hydrogen-bond acceptors (Lipinski definition) is 6. The topological polar surface area (TPSA) is 91.0 Å². The first-order valence-corrected chi connectivity index (χ1v) is 9.22. The molecule has 2 N–H and O–H groups in total. The van der Waals surface area contributed by atoms with Crippen molar-refractivity contribution < 1.29 is 19.1 Å². The van der Waals surface area contributed by atoms with Crippen LogP contribution in [0.2, 0.25) is 0 Å². The Hall–Kier alpha value is -2.54. The number of rotatable bonds is 6. The molecule has 0 spiro atoms. The molecule has 2 rings (SSSR count). The van der Waals surface area contributed by atoms with E-state index in [4.69, 9.17) is 27.4 Å². The molecule has 6 nitrogen and oxygen atoms in total. The molecule has 0 bridgehead atoms. The summed E-state index contributed by atoms with van der Waals surface area (Å²) in [5, 5.41) is 0. The Bertz CT molecular complexity index is 829. The van der Waals surface area contributed by atoms with Crippen molar-refractivity contribution in [3.63, 3.8) is 0 Å². The van der Waals surface area contributed by atoms with Crippen LogP contribution in [0.5, 0.6) is 0 Å². The molecule has 2 unspecified atom stereocenters. The standard InChI is InChI=1S/C20H24N2O4S/c1-5-25-19(23)15-11(3)22-12(4)16(20(24)26-6-2)17(15)13-8-7-9-14(10-13)18(21)27/h7-10,15,17H,5-6H2,1-4H3,(H2,21,27). The van der Waals surface area contributed by atoms with Gasteiger partial charge in [-0.3, -0.25) is 9.79 Å². The summed E-state index contributed by atoms with van der Waals surface area (Å²) in [6.45, 7) is 7.43. The van der Waals surface area contributed by atoms with Gasteiger partial charge in [0.2, 0.25) is 0 Å². The minimum Gasteiger partial charge on any atom is -0.465 e. The summed E-state index contributed by atoms with van der Waals surface area (Å²) >= 11 is 5.07. The van der Waals surface area contributed by atoms with E-state index in [-0.39, 0.29) is 18.2 Å². The average Bonchev–Trinajstić information content (AvgIpc) is 2.61. The van der Waals surface area contributed by atoms with Crippen LogP contribution in [0, 0.1) is 5.92 Å². The third kappa shape index (κ3) is 4.42. The van der Waals surface area contributed by atoms with E-state index < -0.39 is 23.8 Å². The molecule has 0 fully saturated rings. The zero-order valence-electron chi connectivity index (χ0n) is 15.9. The van der Waals surface area contributed by atoms with Crippen LogP contribution in [-0.2, 0) is 19.1 Å². The second-order valence-corrected chi connectivity index (χ2v) is 6.61. The van der Waals surface area contributed by atoms with Gasteiger partial charge in [0.05, 0.1) is 18.8 Å². The largest absolute Gasteiger partial charge is 0.465 e. The van der Waals surface area contributed by atoms with Crippen molar-refractivity contribution in [2.24, 2.45) is 16.6 Å². The first kappa shape index (κ1) is 20.8. The predicted octanol–water partition coefficient (Wildman–Crippen LogP) is 2.90. The molecule has 1 aliphatic heterocycles. The molecule has 0 amide bonds. The molecular weight excluding hydrogens is 364 g/mol. The first-order valence-electron chi connectivity index (χ1n) is 8.81. The first-order chi connectivity index (χ1) is 12.8. The number of aliphatic imine (C=N–C) groups is 1. The second kappa shape index (κ2) is 8.90. The number of benzene rings is 1. The summed E-state index contributed by atoms with van der Waals surface area (Å²) < 4.78 is 10.5. The van der Waals surface area contributed by atoms with Crippen molar-refractivity contribution in [2.45, 2.75) is 33.6 Å². The number of hydrogen-bond donors (Lipinski definition) is 1. The van der Waals surface area contributed by atoms with Gasteiger partial charge in [-0.25, -0.2) is 4.79 Å². The van der Waals surface area contributed by atoms with Crippen molar-refractivity contribution in [3.05, 3.63) is 46.7 Å². The number of ether oxygens (including phenoxy) is 2. The minimum absolute atomic E-state index is 0.224. The number of carbonyl (C=O) groups excluding carboxylic acids is 2. The molecule has 0 aromatic heterocycles. The summed E-state index contributed by atoms with van der Waals surface area (Å²) in [4.78, 5) is 30.1. The monoisotopic (exact) mass is 388 g/mol. The van der Waals surface area contributed by atoms with Crippen LogP contribution in [0.4, 0.5) is 0 Å². The van der Waals surface area contributed by atoms with Gasteiger partial charge in [-0.15, -0.1) is 0 Å². The van der Waals surface area contributed by atoms with Gasteiger partial charge in [-0.2, -0.15) is 0 Å². The molecule has 27 heavy (non-hydrogen) atoms. The second-order valence-electron chi connectivity index (χ2n) is 6.17. The minimum atomic E-state index is -0.727. The molecule has 0 radical (unpaired) electrons. The summed E-state index contributed by atoms with van der Waals surface area (Å²) in [5.41, 5.74) is 8.61. The van der Waals surface area contributed by atoms with E-state index in [1.54, 1.807) is 45.9 Å². The molecule has 2 atom stereocenters. The number of allylic oxidation sites excluding steroid dienone is 1. The quantitative estimate of drug-likeness (QED) is 0.595. The molecular formula is C20H24N2O4S. The molecule has 0 aliphatic carbocycles. The van der Waals surface area contributed by atoms with Crippen molar-refractivity contribution in [1.29, 1.82) is 0 Å². The number of nitrogens with zero attached hydrogens (tertiary/aromatic N) is 1. The third-order valence-electron chi connectivity index (χ3n) is 4.39. The van der Waals surface area contributed by atoms with E-state index in [9.17, 15) is 9.59 Å². The van der Waals surface area contributed by atoms with Crippen molar-refractivity contribution in [2.75, 3.05) is 13.2 Å². The lowest BCUT2D eigenvalue weighted by molar-refractivity contribution is -0.146. The third-order valence-corrected chi connectivity index (χ3v) is 4.63. The molecule has 1 aromatic carbocycles. The Labute approximate surface area is 164 Å². The number of carbonyl (C=O) groups is 2. The fourth-order valence-corrected chi connectivity index (χ4v) is 3.42. The molecule has 0 saturated heterocycles. The van der Waals surface area contributed by atoms with Crippen molar-refractivity contribution in [1.82, 2.24) is 0 Å². The Morgan fingerprint density at radius 2 is 1.85 bits per heavy atom. The van der Waals surface area contributed by atoms with E-state index in [0.29, 0.717) is 22.5 Å². The van der Waals surface area contributed by atoms with Crippen LogP contribution in [0.1, 0.15) is 44.7 Å². The molecule has 1 heterocycles. The van der Waals surface area contributed by atoms with Gasteiger partial charge >= 0.3 is 11.9 Å². The normalized spacial score (nSPS) is 19.3. The SMILES string of the molecule is CCOC(=O)C1=C(C)N=C(C)C(C(=O)OCC)C1c1cccc(C(N)=S)c1. The Morgan fingerprint density at radius 3 is 2.44 bits per heavy atom. The lowest BCUT2D eigenvalue weighted by Gasteiger charge is -2.31. The number of thiocarbonyl (C=S) groups is 1. The zero-order valence-corrected chi connectivity index (χ0v) is 16.8. The van der Waals surface area contributed by atoms with E-state index in [2.05, 4.69) is 4.99 Å². The highest BCUT2D eigenvalue weighted by atomic mass is 32.1. The van der Waals surface area contributed by atoms with Gasteiger partial charge in [-0.1, -0.05) is 30.4 Å². The maximum atomic E-state index is 12.7. The summed E-state index contributed by atoms with van der Waals surface area (Å²) in [7, 11) is 0. The van der Waals surface area contributed by atoms with Gasteiger partial charge in [0.15, 0.2) is 0 Å². The van der Waals surface area contributed by atoms with Crippen LogP contribution < -0.4 is 5.73 Å². The van der Waals surface area contributed by atoms with E-state index in [0.717, 1.165) is 5.56 Å². The van der Waals surface area contributed by atoms with Crippen LogP contribution >= 0.6 is 12.2 Å². The Kier molecular flexibility index (Phi) is 6.85. The highest BCUT2D eigenvalue weighted by Gasteiger charge is 2.42. The Morgan fingerprint density at radius 1 is 1.19 bits per heavy atom. The molecule has 7 heteroatoms. The van der Waals surface area contributed by atoms with Gasteiger partial charge < -0.3 is 15.2 Å². The fraction of sp³-hybridized carbons (Fsp3) is 0.400. The molecule has 144 valence electrons. The van der Waals surface area contributed by atoms with Crippen LogP contribution in [0.15, 0.2) is 40.5 Å². The van der Waals surface area contributed by atoms with Crippen LogP contribution in [-0.4, -0.2) is 35.9 Å². The smallest absolute Gasteiger partial charge is 0.336 e. The summed E-state index contributed by atoms with van der Waals surface area (Å²) in [6, 6.07) is 7.22. The van der Waals surface area contributed by atoms with Crippen molar-refractivity contribution in [3.8, 4) is 0 Å². The average molecular weight is 388 g/mol. The summed E-state index contributed by atoms with van der Waals surface area (Å²) in [6.07, 6.45) is 0. The van der Waals surface area contributed by atoms with Gasteiger partial charge in [0.25, 0.3) is 0 Å². The summed E-state index contributed by atoms with van der Waals surface area (Å²) in [5.74, 6) is -2.24. The highest BCUT2D eigenvalue weighted by molar-refractivity contribution is 7.80. The molecule has 0 saturated carbocycles. The van der Waals surface area contributed by atoms with E-state index >= 15 is 0 Å². The number of nitrogens with two attached hydrogens (primary N) is 1. The van der Waals surface area contributed by atoms with Gasteiger partial charge in [-0.05, 0) is 39.3 Å². The van der Waals surface area contributed by atoms with Crippen LogP contribution in [0.3, 0.4) is 0 Å². The van der Waals surface area contributed by atoms with Gasteiger partial charge in [0, 0.05) is 22.9 Å². The maximum absolute atomic E-state index is 12.7. The highest BCUT2D eigenvalue weighted by Crippen LogP contribution is 2.40. The Balaban J connectivity index is 2.67. The molecule has 1 aromatic rings. The van der Waals surface area contributed by atoms with Crippen LogP contribution in [0.25, 0.3) is 0 Å². The zero-order chi connectivity index (χ0) is 20.1. The van der Waals surface area contributed by atoms with E-state index in [1.165, 1.54) is 0 Å². The van der Waals surface area contributed by atoms with Crippen molar-refractivity contribution >= 4 is 34.9 Å². The fourth-order valence-electron chi connectivity index (χ4n) is 3.29.